The molecule has 2 nitrogen and oxygen atoms in total. The molecule has 1 rings (SSSR count). The molecular weight excluding hydrogens is 253 g/mol. The number of benzene rings is 1. The van der Waals surface area contributed by atoms with Crippen LogP contribution in [0.2, 0.25) is 5.02 Å². The second-order valence-corrected chi connectivity index (χ2v) is 4.00. The van der Waals surface area contributed by atoms with Gasteiger partial charge in [0, 0.05) is 18.6 Å². The summed E-state index contributed by atoms with van der Waals surface area (Å²) in [6, 6.07) is 5.22. The lowest BCUT2D eigenvalue weighted by Gasteiger charge is -2.11. The minimum absolute atomic E-state index is 0.0608. The number of hydrogen-bond acceptors (Lipinski definition) is 1. The minimum atomic E-state index is -0.0608. The van der Waals surface area contributed by atoms with E-state index in [1.807, 2.05) is 0 Å². The maximum atomic E-state index is 11.6. The van der Waals surface area contributed by atoms with Gasteiger partial charge in [0.05, 0.1) is 10.6 Å². The molecule has 0 aliphatic heterocycles. The summed E-state index contributed by atoms with van der Waals surface area (Å²) in [6.07, 6.45) is 0. The van der Waals surface area contributed by atoms with E-state index in [9.17, 15) is 4.79 Å². The second-order valence-electron chi connectivity index (χ2n) is 2.80. The van der Waals surface area contributed by atoms with Gasteiger partial charge in [-0.3, -0.25) is 4.79 Å². The van der Waals surface area contributed by atoms with E-state index in [1.165, 1.54) is 4.90 Å². The van der Waals surface area contributed by atoms with Crippen LogP contribution < -0.4 is 0 Å². The van der Waals surface area contributed by atoms with Crippen LogP contribution in [-0.4, -0.2) is 24.9 Å². The first-order valence-electron chi connectivity index (χ1n) is 3.69. The Bertz CT molecular complexity index is 338. The number of rotatable bonds is 1. The Labute approximate surface area is 90.6 Å². The Morgan fingerprint density at radius 3 is 2.62 bits per heavy atom. The van der Waals surface area contributed by atoms with E-state index < -0.39 is 0 Å². The Hall–Kier alpha value is -0.540. The van der Waals surface area contributed by atoms with Gasteiger partial charge in [-0.2, -0.15) is 0 Å². The number of halogens is 2. The molecule has 1 amide bonds. The van der Waals surface area contributed by atoms with Crippen molar-refractivity contribution in [2.24, 2.45) is 0 Å². The highest BCUT2D eigenvalue weighted by molar-refractivity contribution is 9.10. The summed E-state index contributed by atoms with van der Waals surface area (Å²) in [5.74, 6) is -0.0608. The third kappa shape index (κ3) is 2.23. The SMILES string of the molecule is CN(C)C(=O)c1cccc(Cl)c1Br. The highest BCUT2D eigenvalue weighted by Gasteiger charge is 2.13. The lowest BCUT2D eigenvalue weighted by atomic mass is 10.2. The van der Waals surface area contributed by atoms with Gasteiger partial charge in [-0.25, -0.2) is 0 Å². The number of carbonyl (C=O) groups is 1. The highest BCUT2D eigenvalue weighted by Crippen LogP contribution is 2.26. The summed E-state index contributed by atoms with van der Waals surface area (Å²) < 4.78 is 0.648. The summed E-state index contributed by atoms with van der Waals surface area (Å²) in [6.45, 7) is 0. The maximum absolute atomic E-state index is 11.6. The van der Waals surface area contributed by atoms with Crippen LogP contribution in [-0.2, 0) is 0 Å². The average Bonchev–Trinajstić information content (AvgIpc) is 2.08. The summed E-state index contributed by atoms with van der Waals surface area (Å²) in [5.41, 5.74) is 0.581. The van der Waals surface area contributed by atoms with Crippen molar-refractivity contribution in [2.75, 3.05) is 14.1 Å². The van der Waals surface area contributed by atoms with Crippen LogP contribution in [0.5, 0.6) is 0 Å². The van der Waals surface area contributed by atoms with E-state index in [1.54, 1.807) is 32.3 Å². The molecule has 1 aromatic carbocycles. The lowest BCUT2D eigenvalue weighted by Crippen LogP contribution is -2.22. The number of hydrogen-bond donors (Lipinski definition) is 0. The summed E-state index contributed by atoms with van der Waals surface area (Å²) in [4.78, 5) is 13.1. The topological polar surface area (TPSA) is 20.3 Å². The lowest BCUT2D eigenvalue weighted by molar-refractivity contribution is 0.0827. The Kier molecular flexibility index (Phi) is 3.33. The molecule has 1 aromatic rings. The van der Waals surface area contributed by atoms with Crippen LogP contribution in [0.3, 0.4) is 0 Å². The van der Waals surface area contributed by atoms with Gasteiger partial charge in [0.1, 0.15) is 0 Å². The van der Waals surface area contributed by atoms with E-state index in [0.717, 1.165) is 0 Å². The van der Waals surface area contributed by atoms with E-state index in [2.05, 4.69) is 15.9 Å². The van der Waals surface area contributed by atoms with E-state index >= 15 is 0 Å². The molecule has 0 unspecified atom stereocenters. The van der Waals surface area contributed by atoms with Crippen molar-refractivity contribution in [1.29, 1.82) is 0 Å². The molecular formula is C9H9BrClNO. The van der Waals surface area contributed by atoms with E-state index in [0.29, 0.717) is 15.1 Å². The van der Waals surface area contributed by atoms with Crippen molar-refractivity contribution >= 4 is 33.4 Å². The van der Waals surface area contributed by atoms with Crippen molar-refractivity contribution in [2.45, 2.75) is 0 Å². The van der Waals surface area contributed by atoms with Gasteiger partial charge in [0.25, 0.3) is 5.91 Å². The minimum Gasteiger partial charge on any atom is -0.345 e. The van der Waals surface area contributed by atoms with Crippen LogP contribution >= 0.6 is 27.5 Å². The molecule has 0 aliphatic carbocycles. The van der Waals surface area contributed by atoms with Gasteiger partial charge in [-0.1, -0.05) is 17.7 Å². The molecule has 0 spiro atoms. The van der Waals surface area contributed by atoms with Gasteiger partial charge in [-0.15, -0.1) is 0 Å². The predicted molar refractivity (Wildman–Crippen MR) is 57.2 cm³/mol. The first-order chi connectivity index (χ1) is 6.04. The zero-order valence-corrected chi connectivity index (χ0v) is 9.69. The third-order valence-corrected chi connectivity index (χ3v) is 2.99. The molecule has 0 atom stereocenters. The fourth-order valence-corrected chi connectivity index (χ4v) is 1.52. The standard InChI is InChI=1S/C9H9BrClNO/c1-12(2)9(13)6-4-3-5-7(11)8(6)10/h3-5H,1-2H3. The average molecular weight is 263 g/mol. The molecule has 0 saturated heterocycles. The third-order valence-electron chi connectivity index (χ3n) is 1.59. The number of carbonyl (C=O) groups excluding carboxylic acids is 1. The van der Waals surface area contributed by atoms with Crippen LogP contribution in [0.1, 0.15) is 10.4 Å². The van der Waals surface area contributed by atoms with Crippen LogP contribution in [0.4, 0.5) is 0 Å². The van der Waals surface area contributed by atoms with Crippen LogP contribution in [0, 0.1) is 0 Å². The van der Waals surface area contributed by atoms with Crippen molar-refractivity contribution in [1.82, 2.24) is 4.90 Å². The quantitative estimate of drug-likeness (QED) is 0.762. The largest absolute Gasteiger partial charge is 0.345 e. The zero-order chi connectivity index (χ0) is 10.0. The Morgan fingerprint density at radius 1 is 1.46 bits per heavy atom. The number of amides is 1. The first kappa shape index (κ1) is 10.5. The van der Waals surface area contributed by atoms with Gasteiger partial charge in [0.2, 0.25) is 0 Å². The van der Waals surface area contributed by atoms with Crippen molar-refractivity contribution in [3.63, 3.8) is 0 Å². The fourth-order valence-electron chi connectivity index (χ4n) is 0.910. The molecule has 0 N–H and O–H groups in total. The van der Waals surface area contributed by atoms with Gasteiger partial charge >= 0.3 is 0 Å². The Balaban J connectivity index is 3.15. The molecule has 0 saturated carbocycles. The van der Waals surface area contributed by atoms with Gasteiger partial charge < -0.3 is 4.90 Å². The molecule has 13 heavy (non-hydrogen) atoms. The van der Waals surface area contributed by atoms with Crippen LogP contribution in [0.15, 0.2) is 22.7 Å². The Morgan fingerprint density at radius 2 is 2.08 bits per heavy atom. The van der Waals surface area contributed by atoms with Crippen molar-refractivity contribution in [3.8, 4) is 0 Å². The molecule has 0 aromatic heterocycles. The van der Waals surface area contributed by atoms with E-state index in [-0.39, 0.29) is 5.91 Å². The molecule has 0 fully saturated rings. The van der Waals surface area contributed by atoms with Gasteiger partial charge in [0.15, 0.2) is 0 Å². The van der Waals surface area contributed by atoms with Crippen molar-refractivity contribution in [3.05, 3.63) is 33.3 Å². The zero-order valence-electron chi connectivity index (χ0n) is 7.34. The fraction of sp³-hybridized carbons (Fsp3) is 0.222. The molecule has 0 aliphatic rings. The maximum Gasteiger partial charge on any atom is 0.254 e. The summed E-state index contributed by atoms with van der Waals surface area (Å²) >= 11 is 9.11. The van der Waals surface area contributed by atoms with Crippen molar-refractivity contribution < 1.29 is 4.79 Å². The summed E-state index contributed by atoms with van der Waals surface area (Å²) in [5, 5.41) is 0.549. The highest BCUT2D eigenvalue weighted by atomic mass is 79.9. The van der Waals surface area contributed by atoms with Crippen LogP contribution in [0.25, 0.3) is 0 Å². The summed E-state index contributed by atoms with van der Waals surface area (Å²) in [7, 11) is 3.41. The molecule has 0 bridgehead atoms. The predicted octanol–water partition coefficient (Wildman–Crippen LogP) is 2.80. The molecule has 4 heteroatoms. The molecule has 0 radical (unpaired) electrons. The smallest absolute Gasteiger partial charge is 0.254 e. The molecule has 0 heterocycles. The monoisotopic (exact) mass is 261 g/mol. The second kappa shape index (κ2) is 4.11. The molecule has 70 valence electrons. The van der Waals surface area contributed by atoms with E-state index in [4.69, 9.17) is 11.6 Å². The normalized spacial score (nSPS) is 9.85. The van der Waals surface area contributed by atoms with Gasteiger partial charge in [-0.05, 0) is 28.1 Å². The number of nitrogens with zero attached hydrogens (tertiary/aromatic N) is 1. The first-order valence-corrected chi connectivity index (χ1v) is 4.87.